The third kappa shape index (κ3) is 2.72. The van der Waals surface area contributed by atoms with Crippen molar-refractivity contribution in [2.24, 2.45) is 0 Å². The molecule has 114 valence electrons. The van der Waals surface area contributed by atoms with E-state index >= 15 is 0 Å². The highest BCUT2D eigenvalue weighted by Crippen LogP contribution is 2.17. The Kier molecular flexibility index (Phi) is 3.66. The Balaban J connectivity index is 1.87. The predicted octanol–water partition coefficient (Wildman–Crippen LogP) is 1.94. The Morgan fingerprint density at radius 1 is 1.32 bits per heavy atom. The van der Waals surface area contributed by atoms with Gasteiger partial charge in [0.05, 0.1) is 0 Å². The lowest BCUT2D eigenvalue weighted by molar-refractivity contribution is 0.0689. The summed E-state index contributed by atoms with van der Waals surface area (Å²) >= 11 is 0. The minimum atomic E-state index is -1.11. The number of benzene rings is 1. The van der Waals surface area contributed by atoms with Gasteiger partial charge in [0.1, 0.15) is 5.69 Å². The second kappa shape index (κ2) is 5.63. The zero-order valence-corrected chi connectivity index (χ0v) is 12.3. The third-order valence-corrected chi connectivity index (χ3v) is 3.76. The Morgan fingerprint density at radius 2 is 2.14 bits per heavy atom. The van der Waals surface area contributed by atoms with Crippen molar-refractivity contribution < 1.29 is 14.7 Å². The molecule has 0 aliphatic carbocycles. The van der Waals surface area contributed by atoms with E-state index in [-0.39, 0.29) is 11.6 Å². The fraction of sp³-hybridized carbons (Fsp3) is 0.312. The molecule has 0 saturated carbocycles. The molecule has 1 aromatic carbocycles. The molecule has 2 aromatic rings. The zero-order valence-electron chi connectivity index (χ0n) is 12.3. The van der Waals surface area contributed by atoms with Gasteiger partial charge in [0, 0.05) is 25.7 Å². The SMILES string of the molecule is Cc1cccc(CN2CCCn3nc(C(=O)O)cc3C2=O)c1. The van der Waals surface area contributed by atoms with Gasteiger partial charge in [-0.3, -0.25) is 9.48 Å². The number of rotatable bonds is 3. The number of carboxylic acid groups (broad SMARTS) is 1. The van der Waals surface area contributed by atoms with Crippen molar-refractivity contribution in [3.8, 4) is 0 Å². The first-order chi connectivity index (χ1) is 10.5. The van der Waals surface area contributed by atoms with E-state index in [2.05, 4.69) is 11.2 Å². The van der Waals surface area contributed by atoms with Crippen LogP contribution < -0.4 is 0 Å². The van der Waals surface area contributed by atoms with E-state index in [1.807, 2.05) is 25.1 Å². The molecule has 0 bridgehead atoms. The van der Waals surface area contributed by atoms with Crippen molar-refractivity contribution in [2.75, 3.05) is 6.54 Å². The van der Waals surface area contributed by atoms with Crippen molar-refractivity contribution >= 4 is 11.9 Å². The monoisotopic (exact) mass is 299 g/mol. The number of carboxylic acids is 1. The maximum absolute atomic E-state index is 12.6. The molecule has 2 heterocycles. The number of fused-ring (bicyclic) bond motifs is 1. The van der Waals surface area contributed by atoms with E-state index in [4.69, 9.17) is 5.11 Å². The fourth-order valence-corrected chi connectivity index (χ4v) is 2.72. The molecule has 1 aromatic heterocycles. The van der Waals surface area contributed by atoms with Crippen LogP contribution in [0.15, 0.2) is 30.3 Å². The summed E-state index contributed by atoms with van der Waals surface area (Å²) in [5.41, 5.74) is 2.49. The van der Waals surface area contributed by atoms with Crippen LogP contribution in [-0.4, -0.2) is 38.2 Å². The van der Waals surface area contributed by atoms with Gasteiger partial charge < -0.3 is 10.0 Å². The van der Waals surface area contributed by atoms with Gasteiger partial charge >= 0.3 is 5.97 Å². The summed E-state index contributed by atoms with van der Waals surface area (Å²) in [6, 6.07) is 9.39. The molecule has 1 aliphatic rings. The number of aromatic carboxylic acids is 1. The number of carbonyl (C=O) groups excluding carboxylic acids is 1. The molecule has 0 unspecified atom stereocenters. The molecule has 22 heavy (non-hydrogen) atoms. The van der Waals surface area contributed by atoms with Gasteiger partial charge in [-0.15, -0.1) is 0 Å². The van der Waals surface area contributed by atoms with Crippen molar-refractivity contribution in [1.29, 1.82) is 0 Å². The van der Waals surface area contributed by atoms with Gasteiger partial charge in [-0.2, -0.15) is 5.10 Å². The van der Waals surface area contributed by atoms with E-state index in [1.165, 1.54) is 10.7 Å². The first-order valence-electron chi connectivity index (χ1n) is 7.20. The average Bonchev–Trinajstić information content (AvgIpc) is 2.84. The Morgan fingerprint density at radius 3 is 2.86 bits per heavy atom. The van der Waals surface area contributed by atoms with Gasteiger partial charge in [0.15, 0.2) is 5.69 Å². The Labute approximate surface area is 128 Å². The van der Waals surface area contributed by atoms with Gasteiger partial charge in [0.2, 0.25) is 0 Å². The number of hydrogen-bond donors (Lipinski definition) is 1. The molecule has 0 saturated heterocycles. The zero-order chi connectivity index (χ0) is 15.7. The molecule has 0 radical (unpaired) electrons. The lowest BCUT2D eigenvalue weighted by atomic mass is 10.1. The van der Waals surface area contributed by atoms with Crippen molar-refractivity contribution in [3.05, 3.63) is 52.8 Å². The summed E-state index contributed by atoms with van der Waals surface area (Å²) in [6.45, 7) is 3.73. The van der Waals surface area contributed by atoms with E-state index in [0.717, 1.165) is 17.5 Å². The summed E-state index contributed by atoms with van der Waals surface area (Å²) in [4.78, 5) is 25.4. The van der Waals surface area contributed by atoms with Gasteiger partial charge in [-0.05, 0) is 18.9 Å². The molecule has 1 amide bonds. The van der Waals surface area contributed by atoms with Crippen LogP contribution in [0.3, 0.4) is 0 Å². The van der Waals surface area contributed by atoms with E-state index in [9.17, 15) is 9.59 Å². The molecule has 6 heteroatoms. The predicted molar refractivity (Wildman–Crippen MR) is 79.7 cm³/mol. The van der Waals surface area contributed by atoms with Crippen LogP contribution >= 0.6 is 0 Å². The normalized spacial score (nSPS) is 14.6. The van der Waals surface area contributed by atoms with Gasteiger partial charge in [0.25, 0.3) is 5.91 Å². The maximum atomic E-state index is 12.6. The molecule has 0 spiro atoms. The lowest BCUT2D eigenvalue weighted by Gasteiger charge is -2.20. The minimum Gasteiger partial charge on any atom is -0.476 e. The average molecular weight is 299 g/mol. The summed E-state index contributed by atoms with van der Waals surface area (Å²) < 4.78 is 1.50. The van der Waals surface area contributed by atoms with Crippen LogP contribution in [-0.2, 0) is 13.1 Å². The molecular weight excluding hydrogens is 282 g/mol. The highest BCUT2D eigenvalue weighted by Gasteiger charge is 2.26. The van der Waals surface area contributed by atoms with Crippen LogP contribution in [0.4, 0.5) is 0 Å². The second-order valence-electron chi connectivity index (χ2n) is 5.51. The quantitative estimate of drug-likeness (QED) is 0.939. The topological polar surface area (TPSA) is 75.4 Å². The molecular formula is C16H17N3O3. The summed E-state index contributed by atoms with van der Waals surface area (Å²) in [5, 5.41) is 13.0. The summed E-state index contributed by atoms with van der Waals surface area (Å²) in [7, 11) is 0. The molecule has 0 atom stereocenters. The van der Waals surface area contributed by atoms with Crippen molar-refractivity contribution in [3.63, 3.8) is 0 Å². The van der Waals surface area contributed by atoms with Crippen LogP contribution in [0.1, 0.15) is 38.5 Å². The molecule has 6 nitrogen and oxygen atoms in total. The van der Waals surface area contributed by atoms with Crippen LogP contribution in [0.25, 0.3) is 0 Å². The van der Waals surface area contributed by atoms with E-state index in [0.29, 0.717) is 25.3 Å². The van der Waals surface area contributed by atoms with Crippen molar-refractivity contribution in [1.82, 2.24) is 14.7 Å². The van der Waals surface area contributed by atoms with Gasteiger partial charge in [-0.25, -0.2) is 4.79 Å². The lowest BCUT2D eigenvalue weighted by Crippen LogP contribution is -2.30. The van der Waals surface area contributed by atoms with E-state index in [1.54, 1.807) is 4.90 Å². The smallest absolute Gasteiger partial charge is 0.356 e. The van der Waals surface area contributed by atoms with Crippen molar-refractivity contribution in [2.45, 2.75) is 26.4 Å². The highest BCUT2D eigenvalue weighted by atomic mass is 16.4. The summed E-state index contributed by atoms with van der Waals surface area (Å²) in [5.74, 6) is -1.28. The standard InChI is InChI=1S/C16H17N3O3/c1-11-4-2-5-12(8-11)10-18-6-3-7-19-14(15(18)20)9-13(17-19)16(21)22/h2,4-5,8-9H,3,6-7,10H2,1H3,(H,21,22). The summed E-state index contributed by atoms with van der Waals surface area (Å²) in [6.07, 6.45) is 0.755. The Hall–Kier alpha value is -2.63. The number of amides is 1. The Bertz CT molecular complexity index is 736. The van der Waals surface area contributed by atoms with Crippen LogP contribution in [0, 0.1) is 6.92 Å². The van der Waals surface area contributed by atoms with Gasteiger partial charge in [-0.1, -0.05) is 29.8 Å². The third-order valence-electron chi connectivity index (χ3n) is 3.76. The van der Waals surface area contributed by atoms with E-state index < -0.39 is 5.97 Å². The highest BCUT2D eigenvalue weighted by molar-refractivity contribution is 5.95. The number of aromatic nitrogens is 2. The molecule has 3 rings (SSSR count). The fourth-order valence-electron chi connectivity index (χ4n) is 2.72. The second-order valence-corrected chi connectivity index (χ2v) is 5.51. The molecule has 1 N–H and O–H groups in total. The molecule has 1 aliphatic heterocycles. The first kappa shape index (κ1) is 14.3. The largest absolute Gasteiger partial charge is 0.476 e. The number of nitrogens with zero attached hydrogens (tertiary/aromatic N) is 3. The number of carbonyl (C=O) groups is 2. The number of hydrogen-bond acceptors (Lipinski definition) is 3. The van der Waals surface area contributed by atoms with Crippen LogP contribution in [0.2, 0.25) is 0 Å². The first-order valence-corrected chi connectivity index (χ1v) is 7.20. The minimum absolute atomic E-state index is 0.0826. The van der Waals surface area contributed by atoms with Crippen LogP contribution in [0.5, 0.6) is 0 Å². The maximum Gasteiger partial charge on any atom is 0.356 e. The number of aryl methyl sites for hydroxylation is 2. The molecule has 0 fully saturated rings.